The molecule has 2 aromatic rings. The van der Waals surface area contributed by atoms with E-state index in [0.29, 0.717) is 16.5 Å². The minimum absolute atomic E-state index is 0.0865. The van der Waals surface area contributed by atoms with Gasteiger partial charge in [-0.05, 0) is 12.1 Å². The van der Waals surface area contributed by atoms with E-state index in [1.165, 1.54) is 6.07 Å². The van der Waals surface area contributed by atoms with Crippen molar-refractivity contribution in [1.29, 1.82) is 5.26 Å². The van der Waals surface area contributed by atoms with Crippen LogP contribution in [0.25, 0.3) is 10.9 Å². The number of aromatic nitrogens is 1. The number of nitrogens with zero attached hydrogens (tertiary/aromatic N) is 1. The largest absolute Gasteiger partial charge is 0.360 e. The van der Waals surface area contributed by atoms with Gasteiger partial charge in [0.1, 0.15) is 6.07 Å². The average Bonchev–Trinajstić information content (AvgIpc) is 2.18. The number of H-pyrrole nitrogens is 1. The van der Waals surface area contributed by atoms with E-state index >= 15 is 0 Å². The summed E-state index contributed by atoms with van der Waals surface area (Å²) < 4.78 is 0.734. The highest BCUT2D eigenvalue weighted by atomic mass is 79.9. The van der Waals surface area contributed by atoms with Crippen molar-refractivity contribution in [2.45, 2.75) is 0 Å². The molecule has 3 nitrogen and oxygen atoms in total. The Kier molecular flexibility index (Phi) is 2.10. The topological polar surface area (TPSA) is 56.6 Å². The third-order valence-corrected chi connectivity index (χ3v) is 2.41. The number of benzene rings is 1. The zero-order chi connectivity index (χ0) is 10.1. The SMILES string of the molecule is N#Cc1cc(Br)cc2c(=O)cc[nH]c12. The van der Waals surface area contributed by atoms with Crippen molar-refractivity contribution in [3.63, 3.8) is 0 Å². The lowest BCUT2D eigenvalue weighted by molar-refractivity contribution is 1.37. The van der Waals surface area contributed by atoms with Gasteiger partial charge in [0.2, 0.25) is 0 Å². The molecule has 1 N–H and O–H groups in total. The van der Waals surface area contributed by atoms with E-state index in [-0.39, 0.29) is 5.43 Å². The second-order valence-electron chi connectivity index (χ2n) is 2.83. The molecule has 1 aromatic carbocycles. The molecule has 0 unspecified atom stereocenters. The van der Waals surface area contributed by atoms with Crippen LogP contribution in [0.15, 0.2) is 33.7 Å². The molecule has 0 saturated carbocycles. The fraction of sp³-hybridized carbons (Fsp3) is 0. The molecule has 0 atom stereocenters. The van der Waals surface area contributed by atoms with Crippen molar-refractivity contribution >= 4 is 26.8 Å². The van der Waals surface area contributed by atoms with Gasteiger partial charge in [-0.1, -0.05) is 15.9 Å². The molecule has 0 amide bonds. The smallest absolute Gasteiger partial charge is 0.189 e. The highest BCUT2D eigenvalue weighted by Crippen LogP contribution is 2.19. The number of rotatable bonds is 0. The van der Waals surface area contributed by atoms with Crippen LogP contribution in [0.1, 0.15) is 5.56 Å². The molecule has 2 rings (SSSR count). The molecule has 68 valence electrons. The number of aromatic amines is 1. The fourth-order valence-corrected chi connectivity index (χ4v) is 1.79. The zero-order valence-electron chi connectivity index (χ0n) is 7.04. The summed E-state index contributed by atoms with van der Waals surface area (Å²) in [5.41, 5.74) is 0.965. The fourth-order valence-electron chi connectivity index (χ4n) is 1.34. The minimum Gasteiger partial charge on any atom is -0.360 e. The van der Waals surface area contributed by atoms with E-state index in [1.807, 2.05) is 6.07 Å². The van der Waals surface area contributed by atoms with Crippen molar-refractivity contribution in [1.82, 2.24) is 4.98 Å². The monoisotopic (exact) mass is 248 g/mol. The lowest BCUT2D eigenvalue weighted by Crippen LogP contribution is -2.01. The van der Waals surface area contributed by atoms with Crippen molar-refractivity contribution in [3.05, 3.63) is 44.7 Å². The summed E-state index contributed by atoms with van der Waals surface area (Å²) in [4.78, 5) is 14.3. The molecule has 0 aliphatic carbocycles. The average molecular weight is 249 g/mol. The van der Waals surface area contributed by atoms with Crippen LogP contribution >= 0.6 is 15.9 Å². The van der Waals surface area contributed by atoms with E-state index in [0.717, 1.165) is 4.47 Å². The van der Waals surface area contributed by atoms with Crippen LogP contribution in [-0.4, -0.2) is 4.98 Å². The van der Waals surface area contributed by atoms with Crippen molar-refractivity contribution in [2.24, 2.45) is 0 Å². The number of pyridine rings is 1. The molecule has 0 spiro atoms. The molecule has 0 aliphatic rings. The number of hydrogen-bond donors (Lipinski definition) is 1. The van der Waals surface area contributed by atoms with Crippen LogP contribution in [0.2, 0.25) is 0 Å². The Morgan fingerprint density at radius 3 is 2.93 bits per heavy atom. The van der Waals surface area contributed by atoms with E-state index in [4.69, 9.17) is 5.26 Å². The van der Waals surface area contributed by atoms with Crippen LogP contribution in [0.5, 0.6) is 0 Å². The molecule has 0 fully saturated rings. The summed E-state index contributed by atoms with van der Waals surface area (Å²) in [6, 6.07) is 6.86. The van der Waals surface area contributed by atoms with Gasteiger partial charge >= 0.3 is 0 Å². The molecule has 0 aliphatic heterocycles. The number of fused-ring (bicyclic) bond motifs is 1. The molecule has 4 heteroatoms. The minimum atomic E-state index is -0.0865. The second kappa shape index (κ2) is 3.28. The van der Waals surface area contributed by atoms with Gasteiger partial charge < -0.3 is 4.98 Å². The van der Waals surface area contributed by atoms with Crippen molar-refractivity contribution < 1.29 is 0 Å². The molecular weight excluding hydrogens is 244 g/mol. The molecule has 0 radical (unpaired) electrons. The summed E-state index contributed by atoms with van der Waals surface area (Å²) in [6.45, 7) is 0. The predicted molar refractivity (Wildman–Crippen MR) is 57.0 cm³/mol. The number of halogens is 1. The molecule has 0 bridgehead atoms. The third-order valence-electron chi connectivity index (χ3n) is 1.95. The van der Waals surface area contributed by atoms with Crippen LogP contribution in [0.3, 0.4) is 0 Å². The van der Waals surface area contributed by atoms with Gasteiger partial charge in [-0.15, -0.1) is 0 Å². The Bertz CT molecular complexity index is 595. The number of nitrogens with one attached hydrogen (secondary N) is 1. The van der Waals surface area contributed by atoms with Gasteiger partial charge in [0.05, 0.1) is 11.1 Å². The third kappa shape index (κ3) is 1.32. The lowest BCUT2D eigenvalue weighted by Gasteiger charge is -1.99. The second-order valence-corrected chi connectivity index (χ2v) is 3.75. The number of nitriles is 1. The van der Waals surface area contributed by atoms with Crippen LogP contribution in [0, 0.1) is 11.3 Å². The summed E-state index contributed by atoms with van der Waals surface area (Å²) in [7, 11) is 0. The van der Waals surface area contributed by atoms with E-state index < -0.39 is 0 Å². The van der Waals surface area contributed by atoms with E-state index in [9.17, 15) is 4.79 Å². The van der Waals surface area contributed by atoms with E-state index in [2.05, 4.69) is 20.9 Å². The van der Waals surface area contributed by atoms with Gasteiger partial charge in [-0.2, -0.15) is 5.26 Å². The summed E-state index contributed by atoms with van der Waals surface area (Å²) >= 11 is 3.25. The van der Waals surface area contributed by atoms with Crippen LogP contribution in [0.4, 0.5) is 0 Å². The van der Waals surface area contributed by atoms with E-state index in [1.54, 1.807) is 18.3 Å². The Balaban J connectivity index is 3.04. The Labute approximate surface area is 88.1 Å². The van der Waals surface area contributed by atoms with Gasteiger partial charge in [0.25, 0.3) is 0 Å². The first-order valence-electron chi connectivity index (χ1n) is 3.93. The van der Waals surface area contributed by atoms with Gasteiger partial charge in [0, 0.05) is 22.1 Å². The molecular formula is C10H5BrN2O. The number of hydrogen-bond acceptors (Lipinski definition) is 2. The summed E-state index contributed by atoms with van der Waals surface area (Å²) in [5, 5.41) is 9.38. The molecule has 0 saturated heterocycles. The maximum Gasteiger partial charge on any atom is 0.189 e. The summed E-state index contributed by atoms with van der Waals surface area (Å²) in [5.74, 6) is 0. The Morgan fingerprint density at radius 2 is 2.21 bits per heavy atom. The normalized spacial score (nSPS) is 10.0. The van der Waals surface area contributed by atoms with Gasteiger partial charge in [0.15, 0.2) is 5.43 Å². The molecule has 1 aromatic heterocycles. The Morgan fingerprint density at radius 1 is 1.43 bits per heavy atom. The predicted octanol–water partition coefficient (Wildman–Crippen LogP) is 2.16. The van der Waals surface area contributed by atoms with Crippen LogP contribution in [-0.2, 0) is 0 Å². The van der Waals surface area contributed by atoms with Crippen molar-refractivity contribution in [2.75, 3.05) is 0 Å². The summed E-state index contributed by atoms with van der Waals surface area (Å²) in [6.07, 6.45) is 1.54. The highest BCUT2D eigenvalue weighted by molar-refractivity contribution is 9.10. The maximum absolute atomic E-state index is 11.4. The first-order valence-corrected chi connectivity index (χ1v) is 4.73. The first-order chi connectivity index (χ1) is 6.72. The van der Waals surface area contributed by atoms with Gasteiger partial charge in [-0.25, -0.2) is 0 Å². The van der Waals surface area contributed by atoms with Crippen molar-refractivity contribution in [3.8, 4) is 6.07 Å². The Hall–Kier alpha value is -1.60. The standard InChI is InChI=1S/C10H5BrN2O/c11-7-3-6(5-12)10-8(4-7)9(14)1-2-13-10/h1-4H,(H,13,14). The first kappa shape index (κ1) is 8.97. The highest BCUT2D eigenvalue weighted by Gasteiger charge is 2.04. The maximum atomic E-state index is 11.4. The quantitative estimate of drug-likeness (QED) is 0.777. The van der Waals surface area contributed by atoms with Crippen LogP contribution < -0.4 is 5.43 Å². The molecule has 1 heterocycles. The molecule has 14 heavy (non-hydrogen) atoms. The lowest BCUT2D eigenvalue weighted by atomic mass is 10.1. The zero-order valence-corrected chi connectivity index (χ0v) is 8.63. The van der Waals surface area contributed by atoms with Gasteiger partial charge in [-0.3, -0.25) is 4.79 Å².